The first-order valence-electron chi connectivity index (χ1n) is 9.95. The maximum absolute atomic E-state index is 12.7. The minimum absolute atomic E-state index is 0.0248. The van der Waals surface area contributed by atoms with Crippen LogP contribution in [0.2, 0.25) is 0 Å². The fourth-order valence-electron chi connectivity index (χ4n) is 3.55. The van der Waals surface area contributed by atoms with Gasteiger partial charge in [0.05, 0.1) is 6.04 Å². The molecule has 1 fully saturated rings. The highest BCUT2D eigenvalue weighted by Gasteiger charge is 2.19. The zero-order valence-electron chi connectivity index (χ0n) is 16.7. The predicted octanol–water partition coefficient (Wildman–Crippen LogP) is 4.44. The van der Waals surface area contributed by atoms with Gasteiger partial charge in [0.25, 0.3) is 0 Å². The molecule has 1 amide bonds. The average Bonchev–Trinajstić information content (AvgIpc) is 2.70. The number of aryl methyl sites for hydroxylation is 1. The van der Waals surface area contributed by atoms with Crippen LogP contribution in [0.25, 0.3) is 0 Å². The van der Waals surface area contributed by atoms with Crippen molar-refractivity contribution in [2.24, 2.45) is 0 Å². The first kappa shape index (κ1) is 19.4. The Bertz CT molecular complexity index is 750. The molecular formula is C23H31N3O. The summed E-state index contributed by atoms with van der Waals surface area (Å²) in [5.74, 6) is 0.0248. The smallest absolute Gasteiger partial charge is 0.241 e. The lowest BCUT2D eigenvalue weighted by atomic mass is 10.1. The van der Waals surface area contributed by atoms with Crippen LogP contribution in [0, 0.1) is 6.92 Å². The summed E-state index contributed by atoms with van der Waals surface area (Å²) in [6, 6.07) is 16.4. The van der Waals surface area contributed by atoms with Gasteiger partial charge in [0, 0.05) is 31.0 Å². The van der Waals surface area contributed by atoms with Gasteiger partial charge < -0.3 is 10.2 Å². The number of nitrogens with one attached hydrogen (secondary N) is 1. The summed E-state index contributed by atoms with van der Waals surface area (Å²) < 4.78 is 0. The van der Waals surface area contributed by atoms with Gasteiger partial charge in [-0.25, -0.2) is 0 Å². The highest BCUT2D eigenvalue weighted by atomic mass is 16.2. The van der Waals surface area contributed by atoms with Gasteiger partial charge in [-0.05, 0) is 75.5 Å². The first-order valence-corrected chi connectivity index (χ1v) is 9.95. The number of benzene rings is 2. The van der Waals surface area contributed by atoms with Gasteiger partial charge in [-0.3, -0.25) is 9.69 Å². The molecule has 0 aromatic heterocycles. The molecule has 0 bridgehead atoms. The van der Waals surface area contributed by atoms with Crippen LogP contribution in [-0.4, -0.2) is 37.0 Å². The molecule has 2 aromatic rings. The number of likely N-dealkylation sites (N-methyl/N-ethyl adjacent to an activating group) is 1. The van der Waals surface area contributed by atoms with Crippen molar-refractivity contribution in [3.8, 4) is 0 Å². The third kappa shape index (κ3) is 5.10. The topological polar surface area (TPSA) is 35.6 Å². The molecule has 2 aromatic carbocycles. The van der Waals surface area contributed by atoms with Crippen LogP contribution in [0.3, 0.4) is 0 Å². The third-order valence-corrected chi connectivity index (χ3v) is 5.58. The Labute approximate surface area is 163 Å². The molecule has 0 unspecified atom stereocenters. The number of hydrogen-bond acceptors (Lipinski definition) is 3. The molecule has 0 aliphatic carbocycles. The quantitative estimate of drug-likeness (QED) is 0.822. The van der Waals surface area contributed by atoms with Crippen molar-refractivity contribution >= 4 is 17.3 Å². The molecule has 27 heavy (non-hydrogen) atoms. The summed E-state index contributed by atoms with van der Waals surface area (Å²) >= 11 is 0. The normalized spacial score (nSPS) is 15.6. The minimum atomic E-state index is -0.202. The van der Waals surface area contributed by atoms with Crippen LogP contribution >= 0.6 is 0 Å². The molecule has 1 aliphatic rings. The maximum Gasteiger partial charge on any atom is 0.241 e. The fourth-order valence-corrected chi connectivity index (χ4v) is 3.55. The molecule has 144 valence electrons. The zero-order chi connectivity index (χ0) is 19.2. The van der Waals surface area contributed by atoms with E-state index in [1.165, 1.54) is 36.1 Å². The van der Waals surface area contributed by atoms with E-state index in [1.807, 2.05) is 38.2 Å². The molecule has 0 spiro atoms. The van der Waals surface area contributed by atoms with Gasteiger partial charge in [-0.2, -0.15) is 0 Å². The molecule has 1 heterocycles. The average molecular weight is 366 g/mol. The van der Waals surface area contributed by atoms with E-state index in [0.29, 0.717) is 0 Å². The minimum Gasteiger partial charge on any atom is -0.372 e. The van der Waals surface area contributed by atoms with Crippen molar-refractivity contribution in [1.29, 1.82) is 0 Å². The van der Waals surface area contributed by atoms with Crippen LogP contribution < -0.4 is 10.2 Å². The molecule has 1 aliphatic heterocycles. The maximum atomic E-state index is 12.7. The Hall–Kier alpha value is -2.33. The number of anilines is 2. The van der Waals surface area contributed by atoms with Crippen LogP contribution in [0.5, 0.6) is 0 Å². The van der Waals surface area contributed by atoms with Crippen molar-refractivity contribution < 1.29 is 4.79 Å². The summed E-state index contributed by atoms with van der Waals surface area (Å²) in [7, 11) is 2.00. The van der Waals surface area contributed by atoms with E-state index in [1.54, 1.807) is 0 Å². The van der Waals surface area contributed by atoms with Crippen molar-refractivity contribution in [1.82, 2.24) is 4.90 Å². The lowest BCUT2D eigenvalue weighted by Crippen LogP contribution is -2.39. The summed E-state index contributed by atoms with van der Waals surface area (Å²) in [6.45, 7) is 7.08. The Morgan fingerprint density at radius 1 is 1.07 bits per heavy atom. The molecular weight excluding hydrogens is 334 g/mol. The van der Waals surface area contributed by atoms with Crippen molar-refractivity contribution in [3.63, 3.8) is 0 Å². The SMILES string of the molecule is Cc1ccccc1CN(C)[C@H](C)C(=O)Nc1ccc(N2CCCCC2)cc1. The van der Waals surface area contributed by atoms with E-state index in [0.717, 1.165) is 25.3 Å². The monoisotopic (exact) mass is 365 g/mol. The summed E-state index contributed by atoms with van der Waals surface area (Å²) in [5, 5.41) is 3.05. The number of rotatable bonds is 6. The number of carbonyl (C=O) groups excluding carboxylic acids is 1. The lowest BCUT2D eigenvalue weighted by Gasteiger charge is -2.29. The third-order valence-electron chi connectivity index (χ3n) is 5.58. The number of hydrogen-bond donors (Lipinski definition) is 1. The number of piperidine rings is 1. The van der Waals surface area contributed by atoms with Crippen LogP contribution in [0.4, 0.5) is 11.4 Å². The van der Waals surface area contributed by atoms with Gasteiger partial charge >= 0.3 is 0 Å². The van der Waals surface area contributed by atoms with E-state index < -0.39 is 0 Å². The van der Waals surface area contributed by atoms with E-state index in [4.69, 9.17) is 0 Å². The molecule has 4 heteroatoms. The Kier molecular flexibility index (Phi) is 6.51. The number of carbonyl (C=O) groups is 1. The second-order valence-electron chi connectivity index (χ2n) is 7.60. The van der Waals surface area contributed by atoms with E-state index in [2.05, 4.69) is 46.3 Å². The molecule has 0 saturated carbocycles. The highest BCUT2D eigenvalue weighted by Crippen LogP contribution is 2.22. The standard InChI is InChI=1S/C23H31N3O/c1-18-9-5-6-10-20(18)17-25(3)19(2)23(27)24-21-11-13-22(14-12-21)26-15-7-4-8-16-26/h5-6,9-14,19H,4,7-8,15-17H2,1-3H3,(H,24,27)/t19-/m1/s1. The lowest BCUT2D eigenvalue weighted by molar-refractivity contribution is -0.120. The van der Waals surface area contributed by atoms with Crippen molar-refractivity contribution in [2.45, 2.75) is 45.7 Å². The molecule has 1 atom stereocenters. The number of nitrogens with zero attached hydrogens (tertiary/aromatic N) is 2. The van der Waals surface area contributed by atoms with Gasteiger partial charge in [0.2, 0.25) is 5.91 Å². The van der Waals surface area contributed by atoms with E-state index in [9.17, 15) is 4.79 Å². The summed E-state index contributed by atoms with van der Waals surface area (Å²) in [4.78, 5) is 17.2. The van der Waals surface area contributed by atoms with Gasteiger partial charge in [0.1, 0.15) is 0 Å². The summed E-state index contributed by atoms with van der Waals surface area (Å²) in [6.07, 6.45) is 3.87. The van der Waals surface area contributed by atoms with Crippen molar-refractivity contribution in [3.05, 3.63) is 59.7 Å². The van der Waals surface area contributed by atoms with Gasteiger partial charge in [-0.1, -0.05) is 24.3 Å². The van der Waals surface area contributed by atoms with E-state index >= 15 is 0 Å². The van der Waals surface area contributed by atoms with Crippen LogP contribution in [-0.2, 0) is 11.3 Å². The molecule has 0 radical (unpaired) electrons. The first-order chi connectivity index (χ1) is 13.0. The van der Waals surface area contributed by atoms with E-state index in [-0.39, 0.29) is 11.9 Å². The second-order valence-corrected chi connectivity index (χ2v) is 7.60. The summed E-state index contributed by atoms with van der Waals surface area (Å²) in [5.41, 5.74) is 4.62. The molecule has 1 saturated heterocycles. The Morgan fingerprint density at radius 2 is 1.74 bits per heavy atom. The zero-order valence-corrected chi connectivity index (χ0v) is 16.7. The highest BCUT2D eigenvalue weighted by molar-refractivity contribution is 5.94. The van der Waals surface area contributed by atoms with Gasteiger partial charge in [0.15, 0.2) is 0 Å². The Morgan fingerprint density at radius 3 is 2.41 bits per heavy atom. The fraction of sp³-hybridized carbons (Fsp3) is 0.435. The second kappa shape index (κ2) is 9.05. The van der Waals surface area contributed by atoms with Crippen molar-refractivity contribution in [2.75, 3.05) is 30.4 Å². The molecule has 3 rings (SSSR count). The van der Waals surface area contributed by atoms with Gasteiger partial charge in [-0.15, -0.1) is 0 Å². The molecule has 1 N–H and O–H groups in total. The predicted molar refractivity (Wildman–Crippen MR) is 113 cm³/mol. The largest absolute Gasteiger partial charge is 0.372 e. The number of amides is 1. The molecule has 4 nitrogen and oxygen atoms in total. The Balaban J connectivity index is 1.56. The van der Waals surface area contributed by atoms with Crippen LogP contribution in [0.1, 0.15) is 37.3 Å². The van der Waals surface area contributed by atoms with Crippen LogP contribution in [0.15, 0.2) is 48.5 Å².